The molecule has 4 aliphatic heterocycles. The fraction of sp³-hybridized carbons (Fsp3) is 0.318. The van der Waals surface area contributed by atoms with Gasteiger partial charge in [-0.25, -0.2) is 8.78 Å². The van der Waals surface area contributed by atoms with Gasteiger partial charge in [-0.15, -0.1) is 10.1 Å². The van der Waals surface area contributed by atoms with Crippen LogP contribution in [-0.4, -0.2) is 112 Å². The van der Waals surface area contributed by atoms with E-state index in [2.05, 4.69) is 20.1 Å². The Balaban J connectivity index is 0.000000166. The molecule has 2 saturated heterocycles. The molecule has 0 spiro atoms. The van der Waals surface area contributed by atoms with Crippen molar-refractivity contribution >= 4 is 45.6 Å². The predicted octanol–water partition coefficient (Wildman–Crippen LogP) is 5.92. The summed E-state index contributed by atoms with van der Waals surface area (Å²) in [6.45, 7) is 5.09. The first-order valence-corrected chi connectivity index (χ1v) is 20.0. The van der Waals surface area contributed by atoms with E-state index in [0.29, 0.717) is 46.5 Å². The van der Waals surface area contributed by atoms with Gasteiger partial charge in [-0.2, -0.15) is 0 Å². The molecule has 0 atom stereocenters. The van der Waals surface area contributed by atoms with Crippen LogP contribution in [0.1, 0.15) is 90.3 Å². The molecule has 10 rings (SSSR count). The Hall–Kier alpha value is -6.24. The molecule has 17 heteroatoms. The number of fused-ring (bicyclic) bond motifs is 4. The van der Waals surface area contributed by atoms with E-state index in [0.717, 1.165) is 84.1 Å². The molecule has 2 N–H and O–H groups in total. The Labute approximate surface area is 347 Å². The lowest BCUT2D eigenvalue weighted by atomic mass is 9.91. The molecular formula is C44H42F2N6O9. The number of benzene rings is 4. The Morgan fingerprint density at radius 3 is 1.23 bits per heavy atom. The van der Waals surface area contributed by atoms with Gasteiger partial charge in [0.2, 0.25) is 0 Å². The zero-order valence-corrected chi connectivity index (χ0v) is 32.9. The highest BCUT2D eigenvalue weighted by molar-refractivity contribution is 6.21. The Kier molecular flexibility index (Phi) is 12.1. The van der Waals surface area contributed by atoms with E-state index in [1.54, 1.807) is 60.7 Å². The summed E-state index contributed by atoms with van der Waals surface area (Å²) >= 11 is 0. The first-order valence-electron chi connectivity index (χ1n) is 20.0. The average molecular weight is 837 g/mol. The van der Waals surface area contributed by atoms with Crippen molar-refractivity contribution < 1.29 is 52.2 Å². The van der Waals surface area contributed by atoms with Crippen LogP contribution in [0.2, 0.25) is 0 Å². The minimum Gasteiger partial charge on any atom is -0.412 e. The number of piperidine rings is 2. The summed E-state index contributed by atoms with van der Waals surface area (Å²) in [6, 6.07) is 22.4. The van der Waals surface area contributed by atoms with Crippen LogP contribution in [-0.2, 0) is 9.68 Å². The number of hydrogen-bond donors (Lipinski definition) is 0. The molecule has 61 heavy (non-hydrogen) atoms. The van der Waals surface area contributed by atoms with Gasteiger partial charge in [-0.1, -0.05) is 34.6 Å². The summed E-state index contributed by atoms with van der Waals surface area (Å²) in [5.74, 6) is -1.81. The number of amides is 4. The summed E-state index contributed by atoms with van der Waals surface area (Å²) < 4.78 is 37.3. The zero-order valence-electron chi connectivity index (χ0n) is 32.9. The van der Waals surface area contributed by atoms with E-state index >= 15 is 0 Å². The maximum Gasteiger partial charge on any atom is 0.285 e. The van der Waals surface area contributed by atoms with Crippen molar-refractivity contribution in [2.24, 2.45) is 0 Å². The Morgan fingerprint density at radius 2 is 0.885 bits per heavy atom. The van der Waals surface area contributed by atoms with Crippen molar-refractivity contribution in [2.45, 2.75) is 37.5 Å². The van der Waals surface area contributed by atoms with Gasteiger partial charge in [0.15, 0.2) is 11.2 Å². The Morgan fingerprint density at radius 1 is 0.541 bits per heavy atom. The second-order valence-corrected chi connectivity index (χ2v) is 15.2. The van der Waals surface area contributed by atoms with Crippen molar-refractivity contribution in [1.82, 2.24) is 30.2 Å². The number of hydrogen-bond acceptors (Lipinski definition) is 12. The fourth-order valence-electron chi connectivity index (χ4n) is 8.40. The summed E-state index contributed by atoms with van der Waals surface area (Å²) in [4.78, 5) is 64.8. The normalized spacial score (nSPS) is 17.5. The van der Waals surface area contributed by atoms with E-state index in [-0.39, 0.29) is 42.2 Å². The molecule has 4 aromatic carbocycles. The fourth-order valence-corrected chi connectivity index (χ4v) is 8.40. The van der Waals surface area contributed by atoms with Crippen LogP contribution in [0.3, 0.4) is 0 Å². The second-order valence-electron chi connectivity index (χ2n) is 15.2. The SMILES string of the molecule is O.O=C1c2ccccc2C(=O)N1OCCN1CCC(c2noc3cc(F)ccc23)CC1.O=C1c2ccccc2C(=O)N1OCCN1CCC(c2noc3cc(F)ccc23)CC1. The van der Waals surface area contributed by atoms with Gasteiger partial charge < -0.3 is 24.3 Å². The molecule has 6 aromatic rings. The number of carbonyl (C=O) groups is 4. The lowest BCUT2D eigenvalue weighted by molar-refractivity contribution is -0.0965. The molecule has 0 bridgehead atoms. The minimum atomic E-state index is -0.413. The van der Waals surface area contributed by atoms with Gasteiger partial charge in [0, 0.05) is 47.8 Å². The number of nitrogens with zero attached hydrogens (tertiary/aromatic N) is 6. The minimum absolute atomic E-state index is 0. The maximum absolute atomic E-state index is 13.3. The van der Waals surface area contributed by atoms with Crippen LogP contribution in [0.25, 0.3) is 21.9 Å². The van der Waals surface area contributed by atoms with Gasteiger partial charge in [-0.05, 0) is 100 Å². The number of hydroxylamine groups is 4. The van der Waals surface area contributed by atoms with Crippen LogP contribution in [0.4, 0.5) is 8.78 Å². The molecule has 2 aromatic heterocycles. The van der Waals surface area contributed by atoms with Crippen LogP contribution in [0.15, 0.2) is 94.0 Å². The molecule has 4 amide bonds. The van der Waals surface area contributed by atoms with Crippen LogP contribution in [0, 0.1) is 11.6 Å². The van der Waals surface area contributed by atoms with Crippen LogP contribution >= 0.6 is 0 Å². The number of carbonyl (C=O) groups excluding carboxylic acids is 4. The topological polar surface area (TPSA) is 183 Å². The van der Waals surface area contributed by atoms with Crippen molar-refractivity contribution in [2.75, 3.05) is 52.5 Å². The molecule has 4 aliphatic rings. The highest BCUT2D eigenvalue weighted by atomic mass is 19.1. The van der Waals surface area contributed by atoms with E-state index in [1.165, 1.54) is 24.3 Å². The number of imide groups is 2. The highest BCUT2D eigenvalue weighted by Crippen LogP contribution is 2.34. The molecule has 15 nitrogen and oxygen atoms in total. The van der Waals surface area contributed by atoms with E-state index in [9.17, 15) is 28.0 Å². The van der Waals surface area contributed by atoms with Crippen LogP contribution < -0.4 is 0 Å². The first-order chi connectivity index (χ1) is 29.2. The molecule has 316 valence electrons. The molecule has 0 unspecified atom stereocenters. The summed E-state index contributed by atoms with van der Waals surface area (Å²) in [6.07, 6.45) is 3.58. The number of aromatic nitrogens is 2. The molecule has 0 aliphatic carbocycles. The van der Waals surface area contributed by atoms with Crippen molar-refractivity contribution in [3.05, 3.63) is 130 Å². The van der Waals surface area contributed by atoms with Gasteiger partial charge in [0.25, 0.3) is 23.6 Å². The lowest BCUT2D eigenvalue weighted by Crippen LogP contribution is -2.38. The second kappa shape index (κ2) is 17.8. The Bertz CT molecular complexity index is 2350. The quantitative estimate of drug-likeness (QED) is 0.149. The van der Waals surface area contributed by atoms with Gasteiger partial charge in [-0.3, -0.25) is 28.9 Å². The molecule has 6 heterocycles. The third-order valence-electron chi connectivity index (χ3n) is 11.6. The average Bonchev–Trinajstić information content (AvgIpc) is 4.01. The zero-order chi connectivity index (χ0) is 41.3. The summed E-state index contributed by atoms with van der Waals surface area (Å²) in [7, 11) is 0. The number of rotatable bonds is 10. The van der Waals surface area contributed by atoms with Gasteiger partial charge in [0.05, 0.1) is 46.9 Å². The molecule has 0 radical (unpaired) electrons. The van der Waals surface area contributed by atoms with Crippen molar-refractivity contribution in [3.63, 3.8) is 0 Å². The molecule has 0 saturated carbocycles. The summed E-state index contributed by atoms with van der Waals surface area (Å²) in [5, 5.41) is 11.8. The van der Waals surface area contributed by atoms with Crippen molar-refractivity contribution in [3.8, 4) is 0 Å². The third-order valence-corrected chi connectivity index (χ3v) is 11.6. The monoisotopic (exact) mass is 836 g/mol. The number of halogens is 2. The summed E-state index contributed by atoms with van der Waals surface area (Å²) in [5.41, 5.74) is 4.22. The van der Waals surface area contributed by atoms with Gasteiger partial charge in [0.1, 0.15) is 11.6 Å². The largest absolute Gasteiger partial charge is 0.412 e. The van der Waals surface area contributed by atoms with Gasteiger partial charge >= 0.3 is 0 Å². The molecule has 2 fully saturated rings. The predicted molar refractivity (Wildman–Crippen MR) is 214 cm³/mol. The van der Waals surface area contributed by atoms with E-state index < -0.39 is 23.6 Å². The van der Waals surface area contributed by atoms with E-state index in [4.69, 9.17) is 18.7 Å². The first kappa shape index (κ1) is 41.5. The lowest BCUT2D eigenvalue weighted by Gasteiger charge is -2.31. The van der Waals surface area contributed by atoms with Crippen LogP contribution in [0.5, 0.6) is 0 Å². The standard InChI is InChI=1S/2C22H20FN3O4.H2O/c2*23-15-5-6-18-19(13-15)30-24-20(18)14-7-9-25(10-8-14)11-12-29-26-21(27)16-3-1-2-4-17(16)22(26)28;/h2*1-6,13-14H,7-12H2;1H2. The third kappa shape index (κ3) is 8.30. The van der Waals surface area contributed by atoms with Crippen molar-refractivity contribution in [1.29, 1.82) is 0 Å². The highest BCUT2D eigenvalue weighted by Gasteiger charge is 2.38. The maximum atomic E-state index is 13.3. The van der Waals surface area contributed by atoms with E-state index in [1.807, 2.05) is 0 Å². The molecular weight excluding hydrogens is 795 g/mol. The number of likely N-dealkylation sites (tertiary alicyclic amines) is 2. The smallest absolute Gasteiger partial charge is 0.285 e.